The van der Waals surface area contributed by atoms with E-state index in [-0.39, 0.29) is 6.04 Å². The monoisotopic (exact) mass is 569 g/mol. The standard InChI is InChI=1S/C26H28BrN5O3S/c1-17-12-20(14-28)13-18(2)24(17)35-25-23(27)15-30-26(31-25)32(21-8-10-29-11-9-21)16-19-4-6-22(7-5-19)36(3,33)34/h4-7,12-13,15,21,29H,8-11,16H2,1-3H3. The summed E-state index contributed by atoms with van der Waals surface area (Å²) < 4.78 is 30.6. The number of rotatable bonds is 7. The summed E-state index contributed by atoms with van der Waals surface area (Å²) in [6.45, 7) is 6.14. The van der Waals surface area contributed by atoms with E-state index < -0.39 is 9.84 Å². The summed E-state index contributed by atoms with van der Waals surface area (Å²) in [5, 5.41) is 12.6. The van der Waals surface area contributed by atoms with Gasteiger partial charge in [0.2, 0.25) is 11.8 Å². The Morgan fingerprint density at radius 3 is 2.39 bits per heavy atom. The second-order valence-electron chi connectivity index (χ2n) is 9.00. The number of sulfone groups is 1. The molecule has 0 unspecified atom stereocenters. The van der Waals surface area contributed by atoms with Crippen molar-refractivity contribution >= 4 is 31.7 Å². The van der Waals surface area contributed by atoms with Crippen molar-refractivity contribution < 1.29 is 13.2 Å². The topological polar surface area (TPSA) is 108 Å². The van der Waals surface area contributed by atoms with Crippen LogP contribution in [-0.2, 0) is 16.4 Å². The lowest BCUT2D eigenvalue weighted by Gasteiger charge is -2.35. The first-order valence-electron chi connectivity index (χ1n) is 11.6. The normalized spacial score (nSPS) is 14.3. The van der Waals surface area contributed by atoms with Crippen LogP contribution in [0.5, 0.6) is 11.6 Å². The van der Waals surface area contributed by atoms with E-state index in [1.807, 2.05) is 26.0 Å². The maximum atomic E-state index is 11.9. The number of piperidine rings is 1. The van der Waals surface area contributed by atoms with E-state index in [2.05, 4.69) is 37.2 Å². The summed E-state index contributed by atoms with van der Waals surface area (Å²) >= 11 is 3.52. The van der Waals surface area contributed by atoms with Crippen molar-refractivity contribution in [1.29, 1.82) is 5.26 Å². The van der Waals surface area contributed by atoms with E-state index in [1.165, 1.54) is 6.26 Å². The Balaban J connectivity index is 1.67. The minimum Gasteiger partial charge on any atom is -0.437 e. The molecule has 0 saturated carbocycles. The molecule has 0 radical (unpaired) electrons. The highest BCUT2D eigenvalue weighted by Crippen LogP contribution is 2.34. The summed E-state index contributed by atoms with van der Waals surface area (Å²) in [5.74, 6) is 1.59. The first-order valence-corrected chi connectivity index (χ1v) is 14.3. The summed E-state index contributed by atoms with van der Waals surface area (Å²) in [4.78, 5) is 11.9. The maximum absolute atomic E-state index is 11.9. The lowest BCUT2D eigenvalue weighted by Crippen LogP contribution is -2.43. The van der Waals surface area contributed by atoms with Crippen LogP contribution < -0.4 is 15.0 Å². The first kappa shape index (κ1) is 26.1. The number of ether oxygens (including phenoxy) is 1. The number of nitrogens with zero attached hydrogens (tertiary/aromatic N) is 4. The van der Waals surface area contributed by atoms with Gasteiger partial charge in [-0.1, -0.05) is 12.1 Å². The minimum atomic E-state index is -3.26. The Kier molecular flexibility index (Phi) is 7.93. The van der Waals surface area contributed by atoms with Gasteiger partial charge in [-0.2, -0.15) is 10.2 Å². The molecule has 0 spiro atoms. The van der Waals surface area contributed by atoms with Crippen molar-refractivity contribution in [3.05, 3.63) is 69.3 Å². The summed E-state index contributed by atoms with van der Waals surface area (Å²) in [7, 11) is -3.26. The number of anilines is 1. The molecule has 1 N–H and O–H groups in total. The largest absolute Gasteiger partial charge is 0.437 e. The lowest BCUT2D eigenvalue weighted by molar-refractivity contribution is 0.417. The van der Waals surface area contributed by atoms with Crippen LogP contribution in [0.15, 0.2) is 52.0 Å². The molecule has 1 aliphatic rings. The van der Waals surface area contributed by atoms with Gasteiger partial charge in [0.25, 0.3) is 0 Å². The summed E-state index contributed by atoms with van der Waals surface area (Å²) in [6, 6.07) is 12.9. The molecule has 2 heterocycles. The molecule has 1 aliphatic heterocycles. The van der Waals surface area contributed by atoms with Gasteiger partial charge < -0.3 is 15.0 Å². The van der Waals surface area contributed by atoms with E-state index in [9.17, 15) is 13.7 Å². The van der Waals surface area contributed by atoms with E-state index in [1.54, 1.807) is 30.5 Å². The highest BCUT2D eigenvalue weighted by Gasteiger charge is 2.25. The average molecular weight is 571 g/mol. The number of nitrogens with one attached hydrogen (secondary N) is 1. The van der Waals surface area contributed by atoms with Crippen LogP contribution in [0.3, 0.4) is 0 Å². The second-order valence-corrected chi connectivity index (χ2v) is 11.9. The molecule has 0 amide bonds. The molecule has 0 bridgehead atoms. The molecule has 0 aliphatic carbocycles. The fourth-order valence-corrected chi connectivity index (χ4v) is 5.25. The molecule has 4 rings (SSSR count). The molecule has 10 heteroatoms. The van der Waals surface area contributed by atoms with Crippen molar-refractivity contribution in [1.82, 2.24) is 15.3 Å². The molecule has 2 aromatic carbocycles. The number of nitriles is 1. The molecular formula is C26H28BrN5O3S. The van der Waals surface area contributed by atoms with Gasteiger partial charge in [-0.05, 0) is 96.7 Å². The summed E-state index contributed by atoms with van der Waals surface area (Å²) in [6.07, 6.45) is 4.76. The van der Waals surface area contributed by atoms with E-state index in [0.717, 1.165) is 42.6 Å². The Morgan fingerprint density at radius 2 is 1.81 bits per heavy atom. The van der Waals surface area contributed by atoms with E-state index >= 15 is 0 Å². The van der Waals surface area contributed by atoms with E-state index in [4.69, 9.17) is 9.72 Å². The zero-order chi connectivity index (χ0) is 25.9. The lowest BCUT2D eigenvalue weighted by atomic mass is 10.0. The number of halogens is 1. The number of aromatic nitrogens is 2. The van der Waals surface area contributed by atoms with Crippen LogP contribution in [-0.4, -0.2) is 43.8 Å². The molecule has 8 nitrogen and oxygen atoms in total. The smallest absolute Gasteiger partial charge is 0.238 e. The molecule has 0 atom stereocenters. The van der Waals surface area contributed by atoms with Gasteiger partial charge in [0, 0.05) is 18.8 Å². The van der Waals surface area contributed by atoms with Gasteiger partial charge in [0.1, 0.15) is 5.75 Å². The molecule has 36 heavy (non-hydrogen) atoms. The molecular weight excluding hydrogens is 542 g/mol. The maximum Gasteiger partial charge on any atom is 0.238 e. The summed E-state index contributed by atoms with van der Waals surface area (Å²) in [5.41, 5.74) is 3.24. The number of hydrogen-bond acceptors (Lipinski definition) is 8. The van der Waals surface area contributed by atoms with Gasteiger partial charge in [0.15, 0.2) is 9.84 Å². The third-order valence-corrected chi connectivity index (χ3v) is 7.87. The van der Waals surface area contributed by atoms with Crippen LogP contribution in [0.4, 0.5) is 5.95 Å². The average Bonchev–Trinajstić information content (AvgIpc) is 2.86. The predicted molar refractivity (Wildman–Crippen MR) is 142 cm³/mol. The SMILES string of the molecule is Cc1cc(C#N)cc(C)c1Oc1nc(N(Cc2ccc(S(C)(=O)=O)cc2)C2CCNCC2)ncc1Br. The minimum absolute atomic E-state index is 0.216. The van der Waals surface area contributed by atoms with Crippen LogP contribution in [0, 0.1) is 25.2 Å². The Hall–Kier alpha value is -3.00. The van der Waals surface area contributed by atoms with Gasteiger partial charge in [-0.3, -0.25) is 0 Å². The predicted octanol–water partition coefficient (Wildman–Crippen LogP) is 4.68. The van der Waals surface area contributed by atoms with Gasteiger partial charge in [0.05, 0.1) is 27.2 Å². The fraction of sp³-hybridized carbons (Fsp3) is 0.346. The number of benzene rings is 2. The van der Waals surface area contributed by atoms with Crippen molar-refractivity contribution in [2.24, 2.45) is 0 Å². The molecule has 3 aromatic rings. The Labute approximate surface area is 220 Å². The van der Waals surface area contributed by atoms with Crippen LogP contribution in [0.1, 0.15) is 35.1 Å². The van der Waals surface area contributed by atoms with Gasteiger partial charge in [-0.25, -0.2) is 13.4 Å². The molecule has 1 aromatic heterocycles. The zero-order valence-corrected chi connectivity index (χ0v) is 22.9. The Morgan fingerprint density at radius 1 is 1.17 bits per heavy atom. The third-order valence-electron chi connectivity index (χ3n) is 6.20. The molecule has 188 valence electrons. The fourth-order valence-electron chi connectivity index (χ4n) is 4.35. The van der Waals surface area contributed by atoms with Crippen molar-refractivity contribution in [3.8, 4) is 17.7 Å². The van der Waals surface area contributed by atoms with Gasteiger partial charge >= 0.3 is 0 Å². The number of aryl methyl sites for hydroxylation is 2. The Bertz CT molecular complexity index is 1380. The van der Waals surface area contributed by atoms with Crippen molar-refractivity contribution in [3.63, 3.8) is 0 Å². The zero-order valence-electron chi connectivity index (χ0n) is 20.5. The number of hydrogen-bond donors (Lipinski definition) is 1. The quantitative estimate of drug-likeness (QED) is 0.436. The molecule has 1 saturated heterocycles. The van der Waals surface area contributed by atoms with Crippen LogP contribution in [0.2, 0.25) is 0 Å². The first-order chi connectivity index (χ1) is 17.2. The third kappa shape index (κ3) is 6.03. The van der Waals surface area contributed by atoms with Crippen molar-refractivity contribution in [2.75, 3.05) is 24.2 Å². The van der Waals surface area contributed by atoms with Gasteiger partial charge in [-0.15, -0.1) is 0 Å². The van der Waals surface area contributed by atoms with Crippen LogP contribution in [0.25, 0.3) is 0 Å². The highest BCUT2D eigenvalue weighted by molar-refractivity contribution is 9.10. The van der Waals surface area contributed by atoms with E-state index in [0.29, 0.717) is 39.1 Å². The second kappa shape index (κ2) is 10.9. The molecule has 1 fully saturated rings. The highest BCUT2D eigenvalue weighted by atomic mass is 79.9. The van der Waals surface area contributed by atoms with Crippen molar-refractivity contribution in [2.45, 2.75) is 44.2 Å². The van der Waals surface area contributed by atoms with Crippen LogP contribution >= 0.6 is 15.9 Å².